The highest BCUT2D eigenvalue weighted by atomic mass is 32.2. The first-order valence-corrected chi connectivity index (χ1v) is 13.7. The molecule has 1 amide bonds. The van der Waals surface area contributed by atoms with Crippen LogP contribution in [0.1, 0.15) is 50.6 Å². The molecule has 0 spiro atoms. The zero-order valence-electron chi connectivity index (χ0n) is 20.1. The highest BCUT2D eigenvalue weighted by Gasteiger charge is 2.22. The molecule has 0 unspecified atom stereocenters. The number of nitrogens with one attached hydrogen (secondary N) is 1. The quantitative estimate of drug-likeness (QED) is 0.251. The third-order valence-electron chi connectivity index (χ3n) is 5.72. The number of hydrogen-bond acceptors (Lipinski definition) is 9. The Balaban J connectivity index is 1.58. The number of anilines is 1. The number of esters is 1. The molecule has 9 nitrogen and oxygen atoms in total. The summed E-state index contributed by atoms with van der Waals surface area (Å²) in [5.74, 6) is -0.430. The highest BCUT2D eigenvalue weighted by Crippen LogP contribution is 2.29. The number of ether oxygens (including phenoxy) is 1. The lowest BCUT2D eigenvalue weighted by Gasteiger charge is -2.19. The Morgan fingerprint density at radius 2 is 2.03 bits per heavy atom. The van der Waals surface area contributed by atoms with Crippen LogP contribution in [0.5, 0.6) is 0 Å². The van der Waals surface area contributed by atoms with Crippen LogP contribution in [-0.4, -0.2) is 63.3 Å². The smallest absolute Gasteiger partial charge is 0.348 e. The second-order valence-corrected chi connectivity index (χ2v) is 9.80. The number of thiazole rings is 1. The van der Waals surface area contributed by atoms with E-state index in [0.29, 0.717) is 29.0 Å². The second kappa shape index (κ2) is 13.0. The van der Waals surface area contributed by atoms with Crippen LogP contribution in [-0.2, 0) is 40.1 Å². The molecule has 1 N–H and O–H groups in total. The van der Waals surface area contributed by atoms with Crippen molar-refractivity contribution in [2.45, 2.75) is 64.4 Å². The molecule has 1 aliphatic rings. The van der Waals surface area contributed by atoms with Crippen molar-refractivity contribution >= 4 is 40.1 Å². The summed E-state index contributed by atoms with van der Waals surface area (Å²) in [5, 5.41) is 5.59. The molecule has 0 bridgehead atoms. The summed E-state index contributed by atoms with van der Waals surface area (Å²) in [6.07, 6.45) is 3.75. The largest absolute Gasteiger partial charge is 0.466 e. The molecule has 2 aromatic rings. The number of fused-ring (bicyclic) bond motifs is 1. The van der Waals surface area contributed by atoms with Gasteiger partial charge in [0, 0.05) is 23.2 Å². The maximum atomic E-state index is 12.8. The molecule has 186 valence electrons. The number of hydrogen-bond donors (Lipinski definition) is 1. The molecule has 0 fully saturated rings. The standard InChI is InChI=1S/C23H33N5O4S2/c1-4-27(5-2)11-8-12-28-18-10-7-9-17(18)21(26-23(28)31)33-15-19(29)25-22-24-16(14-34-22)13-20(30)32-6-3/h14H,4-13,15H2,1-3H3,(H,24,25,29). The van der Waals surface area contributed by atoms with Gasteiger partial charge in [0.05, 0.1) is 24.5 Å². The Hall–Kier alpha value is -2.24. The van der Waals surface area contributed by atoms with Gasteiger partial charge >= 0.3 is 11.7 Å². The van der Waals surface area contributed by atoms with Crippen molar-refractivity contribution in [1.29, 1.82) is 0 Å². The molecule has 0 aliphatic heterocycles. The summed E-state index contributed by atoms with van der Waals surface area (Å²) >= 11 is 2.56. The molecule has 1 aliphatic carbocycles. The fourth-order valence-corrected chi connectivity index (χ4v) is 5.63. The van der Waals surface area contributed by atoms with E-state index >= 15 is 0 Å². The fourth-order valence-electron chi connectivity index (χ4n) is 4.02. The number of aromatic nitrogens is 3. The monoisotopic (exact) mass is 507 g/mol. The molecular weight excluding hydrogens is 474 g/mol. The van der Waals surface area contributed by atoms with Crippen molar-refractivity contribution < 1.29 is 14.3 Å². The average Bonchev–Trinajstić information content (AvgIpc) is 3.46. The summed E-state index contributed by atoms with van der Waals surface area (Å²) in [5.41, 5.74) is 2.51. The third-order valence-corrected chi connectivity index (χ3v) is 7.54. The van der Waals surface area contributed by atoms with Crippen molar-refractivity contribution in [3.63, 3.8) is 0 Å². The van der Waals surface area contributed by atoms with Crippen molar-refractivity contribution in [3.05, 3.63) is 32.8 Å². The maximum Gasteiger partial charge on any atom is 0.348 e. The molecule has 11 heteroatoms. The predicted octanol–water partition coefficient (Wildman–Crippen LogP) is 2.76. The van der Waals surface area contributed by atoms with E-state index in [1.807, 2.05) is 4.57 Å². The minimum atomic E-state index is -0.344. The van der Waals surface area contributed by atoms with Gasteiger partial charge in [0.1, 0.15) is 5.03 Å². The van der Waals surface area contributed by atoms with Crippen LogP contribution in [0.2, 0.25) is 0 Å². The van der Waals surface area contributed by atoms with Crippen molar-refractivity contribution in [3.8, 4) is 0 Å². The topological polar surface area (TPSA) is 106 Å². The first kappa shape index (κ1) is 26.4. The van der Waals surface area contributed by atoms with Crippen LogP contribution in [0, 0.1) is 0 Å². The molecule has 0 atom stereocenters. The van der Waals surface area contributed by atoms with Crippen LogP contribution in [0.3, 0.4) is 0 Å². The summed E-state index contributed by atoms with van der Waals surface area (Å²) < 4.78 is 6.75. The number of thioether (sulfide) groups is 1. The van der Waals surface area contributed by atoms with Gasteiger partial charge in [-0.05, 0) is 52.2 Å². The van der Waals surface area contributed by atoms with E-state index in [2.05, 4.69) is 34.0 Å². The van der Waals surface area contributed by atoms with Gasteiger partial charge < -0.3 is 15.0 Å². The van der Waals surface area contributed by atoms with E-state index < -0.39 is 0 Å². The summed E-state index contributed by atoms with van der Waals surface area (Å²) in [7, 11) is 0. The molecule has 3 rings (SSSR count). The van der Waals surface area contributed by atoms with Crippen LogP contribution < -0.4 is 11.0 Å². The van der Waals surface area contributed by atoms with Gasteiger partial charge in [0.25, 0.3) is 0 Å². The molecule has 0 aromatic carbocycles. The lowest BCUT2D eigenvalue weighted by molar-refractivity contribution is -0.142. The normalized spacial score (nSPS) is 12.7. The van der Waals surface area contributed by atoms with E-state index in [-0.39, 0.29) is 29.7 Å². The van der Waals surface area contributed by atoms with E-state index in [1.54, 1.807) is 12.3 Å². The van der Waals surface area contributed by atoms with Crippen LogP contribution >= 0.6 is 23.1 Å². The lowest BCUT2D eigenvalue weighted by atomic mass is 10.2. The summed E-state index contributed by atoms with van der Waals surface area (Å²) in [4.78, 5) is 47.8. The van der Waals surface area contributed by atoms with Crippen LogP contribution in [0.25, 0.3) is 0 Å². The Morgan fingerprint density at radius 3 is 2.76 bits per heavy atom. The minimum Gasteiger partial charge on any atom is -0.466 e. The Kier molecular flexibility index (Phi) is 10.1. The van der Waals surface area contributed by atoms with Crippen LogP contribution in [0.15, 0.2) is 15.2 Å². The van der Waals surface area contributed by atoms with Gasteiger partial charge in [0.2, 0.25) is 5.91 Å². The van der Waals surface area contributed by atoms with Crippen molar-refractivity contribution in [1.82, 2.24) is 19.4 Å². The number of rotatable bonds is 13. The van der Waals surface area contributed by atoms with E-state index in [9.17, 15) is 14.4 Å². The zero-order chi connectivity index (χ0) is 24.5. The summed E-state index contributed by atoms with van der Waals surface area (Å²) in [6.45, 7) is 10.0. The number of carbonyl (C=O) groups excluding carboxylic acids is 2. The molecule has 34 heavy (non-hydrogen) atoms. The van der Waals surface area contributed by atoms with Gasteiger partial charge in [-0.25, -0.2) is 9.78 Å². The Bertz CT molecular complexity index is 1050. The summed E-state index contributed by atoms with van der Waals surface area (Å²) in [6, 6.07) is 0. The number of nitrogens with zero attached hydrogens (tertiary/aromatic N) is 4. The van der Waals surface area contributed by atoms with E-state index in [0.717, 1.165) is 56.6 Å². The van der Waals surface area contributed by atoms with Gasteiger partial charge in [-0.1, -0.05) is 25.6 Å². The number of carbonyl (C=O) groups is 2. The van der Waals surface area contributed by atoms with Crippen molar-refractivity contribution in [2.24, 2.45) is 0 Å². The fraction of sp³-hybridized carbons (Fsp3) is 0.609. The average molecular weight is 508 g/mol. The first-order valence-electron chi connectivity index (χ1n) is 11.8. The van der Waals surface area contributed by atoms with Gasteiger partial charge in [0.15, 0.2) is 5.13 Å². The predicted molar refractivity (Wildman–Crippen MR) is 135 cm³/mol. The van der Waals surface area contributed by atoms with Crippen LogP contribution in [0.4, 0.5) is 5.13 Å². The maximum absolute atomic E-state index is 12.8. The minimum absolute atomic E-state index is 0.0796. The molecule has 2 aromatic heterocycles. The van der Waals surface area contributed by atoms with E-state index in [4.69, 9.17) is 4.74 Å². The van der Waals surface area contributed by atoms with Crippen molar-refractivity contribution in [2.75, 3.05) is 37.3 Å². The first-order chi connectivity index (χ1) is 16.4. The van der Waals surface area contributed by atoms with Gasteiger partial charge in [-0.3, -0.25) is 14.2 Å². The lowest BCUT2D eigenvalue weighted by Crippen LogP contribution is -2.30. The van der Waals surface area contributed by atoms with Gasteiger partial charge in [-0.2, -0.15) is 4.98 Å². The Labute approximate surface area is 208 Å². The highest BCUT2D eigenvalue weighted by molar-refractivity contribution is 8.00. The number of amides is 1. The Morgan fingerprint density at radius 1 is 1.24 bits per heavy atom. The molecule has 2 heterocycles. The molecular formula is C23H33N5O4S2. The van der Waals surface area contributed by atoms with Gasteiger partial charge in [-0.15, -0.1) is 11.3 Å². The molecule has 0 saturated heterocycles. The molecule has 0 radical (unpaired) electrons. The molecule has 0 saturated carbocycles. The van der Waals surface area contributed by atoms with E-state index in [1.165, 1.54) is 23.1 Å². The second-order valence-electron chi connectivity index (χ2n) is 7.97. The zero-order valence-corrected chi connectivity index (χ0v) is 21.7. The third kappa shape index (κ3) is 7.13. The SMILES string of the molecule is CCOC(=O)Cc1csc(NC(=O)CSc2nc(=O)n(CCCN(CC)CC)c3c2CCC3)n1.